The molecule has 0 radical (unpaired) electrons. The molecule has 0 saturated carbocycles. The second-order valence-corrected chi connectivity index (χ2v) is 4.84. The molecule has 0 fully saturated rings. The molecule has 5 heteroatoms. The van der Waals surface area contributed by atoms with E-state index in [4.69, 9.17) is 27.6 Å². The lowest BCUT2D eigenvalue weighted by molar-refractivity contribution is 0.109. The summed E-state index contributed by atoms with van der Waals surface area (Å²) in [6.07, 6.45) is 0.656. The van der Waals surface area contributed by atoms with Crippen LogP contribution in [0.1, 0.15) is 10.6 Å². The molecule has 0 bridgehead atoms. The summed E-state index contributed by atoms with van der Waals surface area (Å²) < 4.78 is 5.22. The number of hydrogen-bond acceptors (Lipinski definition) is 3. The third kappa shape index (κ3) is 2.61. The quantitative estimate of drug-likeness (QED) is 0.768. The Hall–Kier alpha value is -0.900. The molecule has 0 atom stereocenters. The molecule has 1 aromatic carbocycles. The van der Waals surface area contributed by atoms with E-state index in [9.17, 15) is 4.79 Å². The Labute approximate surface area is 107 Å². The average molecular weight is 273 g/mol. The molecule has 82 valence electrons. The number of aldehydes is 1. The Morgan fingerprint density at radius 1 is 1.19 bits per heavy atom. The van der Waals surface area contributed by atoms with Gasteiger partial charge in [0.15, 0.2) is 17.1 Å². The summed E-state index contributed by atoms with van der Waals surface area (Å²) in [7, 11) is 0. The number of furan rings is 1. The average Bonchev–Trinajstić information content (AvgIpc) is 2.71. The van der Waals surface area contributed by atoms with E-state index in [0.29, 0.717) is 27.2 Å². The Balaban J connectivity index is 2.26. The molecule has 16 heavy (non-hydrogen) atoms. The molecule has 0 N–H and O–H groups in total. The van der Waals surface area contributed by atoms with Crippen molar-refractivity contribution in [2.75, 3.05) is 0 Å². The van der Waals surface area contributed by atoms with Gasteiger partial charge in [0.25, 0.3) is 0 Å². The standard InChI is InChI=1S/C11H6Cl2O2S/c12-7-1-3-9(13)10(5-7)16-11-4-2-8(6-14)15-11/h1-6H. The van der Waals surface area contributed by atoms with Gasteiger partial charge in [0.05, 0.1) is 5.02 Å². The monoisotopic (exact) mass is 272 g/mol. The smallest absolute Gasteiger partial charge is 0.185 e. The molecule has 0 saturated heterocycles. The van der Waals surface area contributed by atoms with Gasteiger partial charge < -0.3 is 4.42 Å². The lowest BCUT2D eigenvalue weighted by atomic mass is 10.4. The second-order valence-electron chi connectivity index (χ2n) is 2.95. The molecular formula is C11H6Cl2O2S. The van der Waals surface area contributed by atoms with E-state index in [0.717, 1.165) is 4.90 Å². The van der Waals surface area contributed by atoms with Crippen LogP contribution in [-0.4, -0.2) is 6.29 Å². The number of hydrogen-bond donors (Lipinski definition) is 0. The highest BCUT2D eigenvalue weighted by molar-refractivity contribution is 7.99. The van der Waals surface area contributed by atoms with Crippen LogP contribution in [-0.2, 0) is 0 Å². The van der Waals surface area contributed by atoms with Crippen LogP contribution in [0.2, 0.25) is 10.0 Å². The summed E-state index contributed by atoms with van der Waals surface area (Å²) >= 11 is 13.2. The van der Waals surface area contributed by atoms with Crippen LogP contribution in [0.15, 0.2) is 44.7 Å². The summed E-state index contributed by atoms with van der Waals surface area (Å²) in [6, 6.07) is 8.50. The summed E-state index contributed by atoms with van der Waals surface area (Å²) in [5, 5.41) is 1.80. The molecule has 2 aromatic rings. The summed E-state index contributed by atoms with van der Waals surface area (Å²) in [5.41, 5.74) is 0. The third-order valence-electron chi connectivity index (χ3n) is 1.82. The maximum Gasteiger partial charge on any atom is 0.185 e. The zero-order valence-corrected chi connectivity index (χ0v) is 10.3. The van der Waals surface area contributed by atoms with E-state index in [1.165, 1.54) is 11.8 Å². The van der Waals surface area contributed by atoms with Crippen molar-refractivity contribution in [3.63, 3.8) is 0 Å². The van der Waals surface area contributed by atoms with Gasteiger partial charge in [0.1, 0.15) is 0 Å². The van der Waals surface area contributed by atoms with Crippen LogP contribution >= 0.6 is 35.0 Å². The van der Waals surface area contributed by atoms with Crippen LogP contribution in [0.3, 0.4) is 0 Å². The van der Waals surface area contributed by atoms with Gasteiger partial charge in [-0.2, -0.15) is 0 Å². The van der Waals surface area contributed by atoms with Crippen LogP contribution < -0.4 is 0 Å². The van der Waals surface area contributed by atoms with Gasteiger partial charge in [-0.25, -0.2) is 0 Å². The number of carbonyl (C=O) groups is 1. The molecule has 0 aliphatic rings. The molecule has 0 unspecified atom stereocenters. The molecule has 1 aromatic heterocycles. The van der Waals surface area contributed by atoms with Crippen molar-refractivity contribution in [3.05, 3.63) is 46.1 Å². The lowest BCUT2D eigenvalue weighted by Crippen LogP contribution is -1.74. The second kappa shape index (κ2) is 4.95. The minimum absolute atomic E-state index is 0.292. The Bertz CT molecular complexity index is 522. The predicted molar refractivity (Wildman–Crippen MR) is 64.7 cm³/mol. The third-order valence-corrected chi connectivity index (χ3v) is 3.48. The molecule has 0 aliphatic heterocycles. The highest BCUT2D eigenvalue weighted by atomic mass is 35.5. The van der Waals surface area contributed by atoms with Gasteiger partial charge in [0.2, 0.25) is 0 Å². The van der Waals surface area contributed by atoms with Crippen molar-refractivity contribution < 1.29 is 9.21 Å². The van der Waals surface area contributed by atoms with Crippen LogP contribution in [0.5, 0.6) is 0 Å². The largest absolute Gasteiger partial charge is 0.447 e. The van der Waals surface area contributed by atoms with Gasteiger partial charge >= 0.3 is 0 Å². The zero-order valence-electron chi connectivity index (χ0n) is 7.94. The van der Waals surface area contributed by atoms with Crippen molar-refractivity contribution in [2.24, 2.45) is 0 Å². The maximum absolute atomic E-state index is 10.4. The lowest BCUT2D eigenvalue weighted by Gasteiger charge is -2.01. The van der Waals surface area contributed by atoms with Gasteiger partial charge in [-0.05, 0) is 30.3 Å². The van der Waals surface area contributed by atoms with Gasteiger partial charge in [-0.1, -0.05) is 35.0 Å². The van der Waals surface area contributed by atoms with E-state index < -0.39 is 0 Å². The van der Waals surface area contributed by atoms with Crippen LogP contribution in [0.25, 0.3) is 0 Å². The fourth-order valence-electron chi connectivity index (χ4n) is 1.12. The van der Waals surface area contributed by atoms with Crippen molar-refractivity contribution >= 4 is 41.2 Å². The maximum atomic E-state index is 10.4. The molecule has 0 spiro atoms. The van der Waals surface area contributed by atoms with Gasteiger partial charge in [-0.15, -0.1) is 0 Å². The molecular weight excluding hydrogens is 267 g/mol. The van der Waals surface area contributed by atoms with Gasteiger partial charge in [0, 0.05) is 9.92 Å². The summed E-state index contributed by atoms with van der Waals surface area (Å²) in [5.74, 6) is 0.292. The van der Waals surface area contributed by atoms with Gasteiger partial charge in [-0.3, -0.25) is 4.79 Å². The first kappa shape index (κ1) is 11.6. The zero-order chi connectivity index (χ0) is 11.5. The molecule has 0 aliphatic carbocycles. The summed E-state index contributed by atoms with van der Waals surface area (Å²) in [6.45, 7) is 0. The van der Waals surface area contributed by atoms with E-state index in [1.807, 2.05) is 0 Å². The van der Waals surface area contributed by atoms with Crippen molar-refractivity contribution in [1.82, 2.24) is 0 Å². The highest BCUT2D eigenvalue weighted by Crippen LogP contribution is 2.35. The Morgan fingerprint density at radius 3 is 2.69 bits per heavy atom. The fourth-order valence-corrected chi connectivity index (χ4v) is 2.43. The normalized spacial score (nSPS) is 10.4. The van der Waals surface area contributed by atoms with E-state index in [2.05, 4.69) is 0 Å². The Kier molecular flexibility index (Phi) is 3.59. The number of carbonyl (C=O) groups excluding carboxylic acids is 1. The highest BCUT2D eigenvalue weighted by Gasteiger charge is 2.07. The minimum atomic E-state index is 0.292. The molecule has 0 amide bonds. The van der Waals surface area contributed by atoms with Crippen LogP contribution in [0.4, 0.5) is 0 Å². The SMILES string of the molecule is O=Cc1ccc(Sc2cc(Cl)ccc2Cl)o1. The number of rotatable bonds is 3. The van der Waals surface area contributed by atoms with Crippen molar-refractivity contribution in [2.45, 2.75) is 9.99 Å². The molecule has 2 rings (SSSR count). The topological polar surface area (TPSA) is 30.2 Å². The van der Waals surface area contributed by atoms with Crippen molar-refractivity contribution in [1.29, 1.82) is 0 Å². The molecule has 2 nitrogen and oxygen atoms in total. The van der Waals surface area contributed by atoms with E-state index in [1.54, 1.807) is 30.3 Å². The fraction of sp³-hybridized carbons (Fsp3) is 0. The van der Waals surface area contributed by atoms with E-state index >= 15 is 0 Å². The first-order valence-electron chi connectivity index (χ1n) is 4.37. The minimum Gasteiger partial charge on any atom is -0.447 e. The van der Waals surface area contributed by atoms with Crippen LogP contribution in [0, 0.1) is 0 Å². The molecule has 1 heterocycles. The number of benzene rings is 1. The first-order chi connectivity index (χ1) is 7.69. The first-order valence-corrected chi connectivity index (χ1v) is 5.94. The van der Waals surface area contributed by atoms with Crippen molar-refractivity contribution in [3.8, 4) is 0 Å². The summed E-state index contributed by atoms with van der Waals surface area (Å²) in [4.78, 5) is 11.2. The Morgan fingerprint density at radius 2 is 2.00 bits per heavy atom. The van der Waals surface area contributed by atoms with E-state index in [-0.39, 0.29) is 0 Å². The predicted octanol–water partition coefficient (Wildman–Crippen LogP) is 4.55. The number of halogens is 2.